The van der Waals surface area contributed by atoms with E-state index in [0.717, 1.165) is 42.7 Å². The van der Waals surface area contributed by atoms with E-state index in [2.05, 4.69) is 15.0 Å². The van der Waals surface area contributed by atoms with Gasteiger partial charge in [0.1, 0.15) is 5.75 Å². The zero-order valence-corrected chi connectivity index (χ0v) is 14.7. The Morgan fingerprint density at radius 2 is 1.67 bits per heavy atom. The first-order valence-electron chi connectivity index (χ1n) is 8.81. The van der Waals surface area contributed by atoms with Crippen molar-refractivity contribution in [2.24, 2.45) is 0 Å². The summed E-state index contributed by atoms with van der Waals surface area (Å²) in [4.78, 5) is 12.6. The van der Waals surface area contributed by atoms with E-state index in [-0.39, 0.29) is 5.75 Å². The van der Waals surface area contributed by atoms with Crippen molar-refractivity contribution in [2.45, 2.75) is 31.7 Å². The number of nitrogens with one attached hydrogen (secondary N) is 1. The zero-order valence-electron chi connectivity index (χ0n) is 14.7. The molecule has 2 aromatic rings. The molecule has 4 nitrogen and oxygen atoms in total. The van der Waals surface area contributed by atoms with Gasteiger partial charge in [-0.3, -0.25) is 4.79 Å². The maximum absolute atomic E-state index is 12.2. The highest BCUT2D eigenvalue weighted by Gasteiger charge is 2.31. The van der Waals surface area contributed by atoms with Gasteiger partial charge >= 0.3 is 6.36 Å². The van der Waals surface area contributed by atoms with Crippen LogP contribution in [-0.2, 0) is 11.3 Å². The van der Waals surface area contributed by atoms with E-state index in [1.807, 2.05) is 24.3 Å². The number of hydrogen-bond donors (Lipinski definition) is 1. The predicted molar refractivity (Wildman–Crippen MR) is 96.7 cm³/mol. The van der Waals surface area contributed by atoms with E-state index in [0.29, 0.717) is 18.9 Å². The smallest absolute Gasteiger partial charge is 0.406 e. The Morgan fingerprint density at radius 1 is 1.04 bits per heavy atom. The van der Waals surface area contributed by atoms with Crippen LogP contribution < -0.4 is 15.0 Å². The normalized spacial score (nSPS) is 15.4. The standard InChI is InChI=1S/C20H21F3N2O2/c21-20(22,23)27-19-7-3-16(4-8-19)17-9-11-25(12-10-17)18-5-1-15(2-6-18)13-24-14-26/h1-8,14,17H,9-13H2,(H,24,26). The van der Waals surface area contributed by atoms with E-state index in [4.69, 9.17) is 0 Å². The van der Waals surface area contributed by atoms with Crippen molar-refractivity contribution in [1.29, 1.82) is 0 Å². The molecule has 1 heterocycles. The summed E-state index contributed by atoms with van der Waals surface area (Å²) in [6.45, 7) is 2.29. The van der Waals surface area contributed by atoms with Gasteiger partial charge in [0.2, 0.25) is 6.41 Å². The average Bonchev–Trinajstić information content (AvgIpc) is 2.66. The van der Waals surface area contributed by atoms with Gasteiger partial charge in [-0.2, -0.15) is 0 Å². The van der Waals surface area contributed by atoms with Crippen LogP contribution in [0, 0.1) is 0 Å². The number of ether oxygens (including phenoxy) is 1. The first-order valence-corrected chi connectivity index (χ1v) is 8.81. The molecule has 0 bridgehead atoms. The van der Waals surface area contributed by atoms with E-state index in [1.54, 1.807) is 12.1 Å². The molecule has 1 aliphatic heterocycles. The number of anilines is 1. The van der Waals surface area contributed by atoms with Gasteiger partial charge in [0.05, 0.1) is 0 Å². The molecule has 0 unspecified atom stereocenters. The Morgan fingerprint density at radius 3 is 2.22 bits per heavy atom. The van der Waals surface area contributed by atoms with Crippen molar-refractivity contribution in [2.75, 3.05) is 18.0 Å². The molecular weight excluding hydrogens is 357 g/mol. The molecule has 1 aliphatic rings. The molecule has 0 spiro atoms. The minimum absolute atomic E-state index is 0.187. The van der Waals surface area contributed by atoms with Crippen LogP contribution in [0.2, 0.25) is 0 Å². The van der Waals surface area contributed by atoms with E-state index in [9.17, 15) is 18.0 Å². The van der Waals surface area contributed by atoms with Crippen molar-refractivity contribution in [3.8, 4) is 5.75 Å². The summed E-state index contributed by atoms with van der Waals surface area (Å²) in [5.41, 5.74) is 3.22. The highest BCUT2D eigenvalue weighted by molar-refractivity contribution is 5.50. The lowest BCUT2D eigenvalue weighted by Gasteiger charge is -2.34. The van der Waals surface area contributed by atoms with Crippen molar-refractivity contribution >= 4 is 12.1 Å². The molecule has 1 saturated heterocycles. The number of nitrogens with zero attached hydrogens (tertiary/aromatic N) is 1. The molecule has 0 aromatic heterocycles. The van der Waals surface area contributed by atoms with Crippen molar-refractivity contribution in [3.05, 3.63) is 59.7 Å². The Kier molecular flexibility index (Phi) is 5.88. The highest BCUT2D eigenvalue weighted by atomic mass is 19.4. The maximum atomic E-state index is 12.2. The van der Waals surface area contributed by atoms with E-state index < -0.39 is 6.36 Å². The number of halogens is 3. The molecule has 2 aromatic carbocycles. The molecule has 144 valence electrons. The Bertz CT molecular complexity index is 737. The number of carbonyl (C=O) groups excluding carboxylic acids is 1. The summed E-state index contributed by atoms with van der Waals surface area (Å²) in [5.74, 6) is 0.144. The minimum Gasteiger partial charge on any atom is -0.406 e. The number of benzene rings is 2. The van der Waals surface area contributed by atoms with Gasteiger partial charge in [-0.25, -0.2) is 0 Å². The minimum atomic E-state index is -4.66. The molecule has 0 aliphatic carbocycles. The highest BCUT2D eigenvalue weighted by Crippen LogP contribution is 2.32. The van der Waals surface area contributed by atoms with Crippen LogP contribution in [0.25, 0.3) is 0 Å². The van der Waals surface area contributed by atoms with Crippen molar-refractivity contribution in [3.63, 3.8) is 0 Å². The van der Waals surface area contributed by atoms with Gasteiger partial charge in [-0.1, -0.05) is 24.3 Å². The molecule has 0 atom stereocenters. The third-order valence-corrected chi connectivity index (χ3v) is 4.77. The van der Waals surface area contributed by atoms with Gasteiger partial charge < -0.3 is 15.0 Å². The largest absolute Gasteiger partial charge is 0.573 e. The monoisotopic (exact) mass is 378 g/mol. The van der Waals surface area contributed by atoms with Gasteiger partial charge in [-0.05, 0) is 54.2 Å². The number of carbonyl (C=O) groups is 1. The van der Waals surface area contributed by atoms with Gasteiger partial charge in [0.15, 0.2) is 0 Å². The fraction of sp³-hybridized carbons (Fsp3) is 0.350. The average molecular weight is 378 g/mol. The fourth-order valence-electron chi connectivity index (χ4n) is 3.40. The summed E-state index contributed by atoms with van der Waals surface area (Å²) >= 11 is 0. The Balaban J connectivity index is 1.54. The summed E-state index contributed by atoms with van der Waals surface area (Å²) in [5, 5.41) is 2.64. The van der Waals surface area contributed by atoms with Gasteiger partial charge in [-0.15, -0.1) is 13.2 Å². The molecule has 1 fully saturated rings. The topological polar surface area (TPSA) is 41.6 Å². The lowest BCUT2D eigenvalue weighted by atomic mass is 9.89. The summed E-state index contributed by atoms with van der Waals surface area (Å²) in [6, 6.07) is 14.3. The number of piperidine rings is 1. The number of rotatable bonds is 6. The quantitative estimate of drug-likeness (QED) is 0.766. The van der Waals surface area contributed by atoms with Crippen LogP contribution in [-0.4, -0.2) is 25.9 Å². The molecule has 1 amide bonds. The summed E-state index contributed by atoms with van der Waals surface area (Å²) in [6.07, 6.45) is -2.10. The predicted octanol–water partition coefficient (Wildman–Crippen LogP) is 4.22. The number of amides is 1. The third-order valence-electron chi connectivity index (χ3n) is 4.77. The van der Waals surface area contributed by atoms with Gasteiger partial charge in [0, 0.05) is 25.3 Å². The molecule has 3 rings (SSSR count). The van der Waals surface area contributed by atoms with Crippen LogP contribution in [0.1, 0.15) is 29.9 Å². The molecule has 0 saturated carbocycles. The Hall–Kier alpha value is -2.70. The van der Waals surface area contributed by atoms with Crippen LogP contribution in [0.3, 0.4) is 0 Å². The lowest BCUT2D eigenvalue weighted by molar-refractivity contribution is -0.274. The third kappa shape index (κ3) is 5.39. The second-order valence-corrected chi connectivity index (χ2v) is 6.54. The summed E-state index contributed by atoms with van der Waals surface area (Å²) in [7, 11) is 0. The fourth-order valence-corrected chi connectivity index (χ4v) is 3.40. The second kappa shape index (κ2) is 8.33. The summed E-state index contributed by atoms with van der Waals surface area (Å²) < 4.78 is 40.6. The van der Waals surface area contributed by atoms with Crippen LogP contribution >= 0.6 is 0 Å². The number of hydrogen-bond acceptors (Lipinski definition) is 3. The van der Waals surface area contributed by atoms with Crippen molar-refractivity contribution in [1.82, 2.24) is 5.32 Å². The second-order valence-electron chi connectivity index (χ2n) is 6.54. The van der Waals surface area contributed by atoms with E-state index >= 15 is 0 Å². The molecule has 27 heavy (non-hydrogen) atoms. The molecule has 7 heteroatoms. The van der Waals surface area contributed by atoms with E-state index in [1.165, 1.54) is 12.1 Å². The SMILES string of the molecule is O=CNCc1ccc(N2CCC(c3ccc(OC(F)(F)F)cc3)CC2)cc1. The van der Waals surface area contributed by atoms with Crippen LogP contribution in [0.5, 0.6) is 5.75 Å². The molecule has 0 radical (unpaired) electrons. The lowest BCUT2D eigenvalue weighted by Crippen LogP contribution is -2.32. The number of alkyl halides is 3. The van der Waals surface area contributed by atoms with Gasteiger partial charge in [0.25, 0.3) is 0 Å². The van der Waals surface area contributed by atoms with Crippen LogP contribution in [0.15, 0.2) is 48.5 Å². The molecular formula is C20H21F3N2O2. The van der Waals surface area contributed by atoms with Crippen molar-refractivity contribution < 1.29 is 22.7 Å². The molecule has 1 N–H and O–H groups in total. The zero-order chi connectivity index (χ0) is 19.3. The maximum Gasteiger partial charge on any atom is 0.573 e. The van der Waals surface area contributed by atoms with Crippen LogP contribution in [0.4, 0.5) is 18.9 Å². The Labute approximate surface area is 155 Å². The first kappa shape index (κ1) is 19.1. The first-order chi connectivity index (χ1) is 12.9.